The zero-order chi connectivity index (χ0) is 15.8. The van der Waals surface area contributed by atoms with Gasteiger partial charge in [0, 0.05) is 12.6 Å². The number of rotatable bonds is 10. The normalized spacial score (nSPS) is 13.8. The second kappa shape index (κ2) is 9.47. The topological polar surface area (TPSA) is 111 Å². The number of amides is 1. The lowest BCUT2D eigenvalue weighted by molar-refractivity contribution is 0.170. The van der Waals surface area contributed by atoms with Gasteiger partial charge < -0.3 is 25.2 Å². The minimum atomic E-state index is -3.87. The number of carbonyl (C=O) groups excluding carboxylic acids is 1. The Bertz CT molecular complexity index is 320. The minimum absolute atomic E-state index is 0.00933. The lowest BCUT2D eigenvalue weighted by Gasteiger charge is -2.20. The molecule has 0 aromatic carbocycles. The highest BCUT2D eigenvalue weighted by atomic mass is 31.2. The molecule has 0 aliphatic heterocycles. The van der Waals surface area contributed by atoms with Crippen LogP contribution in [0, 0.1) is 11.8 Å². The third-order valence-corrected chi connectivity index (χ3v) is 3.79. The molecule has 0 unspecified atom stereocenters. The van der Waals surface area contributed by atoms with Gasteiger partial charge in [0.1, 0.15) is 0 Å². The molecule has 20 heavy (non-hydrogen) atoms. The molecule has 0 heterocycles. The molecule has 0 aliphatic carbocycles. The molecule has 0 rings (SSSR count). The Labute approximate surface area is 120 Å². The Kier molecular flexibility index (Phi) is 9.25. The van der Waals surface area contributed by atoms with Gasteiger partial charge in [0.05, 0.1) is 19.8 Å². The minimum Gasteiger partial charge on any atom is -0.395 e. The average Bonchev–Trinajstić information content (AvgIpc) is 2.39. The number of hydrogen-bond donors (Lipinski definition) is 3. The van der Waals surface area contributed by atoms with Crippen LogP contribution in [0.2, 0.25) is 0 Å². The molecule has 8 heteroatoms. The largest absolute Gasteiger partial charge is 0.418 e. The summed E-state index contributed by atoms with van der Waals surface area (Å²) in [7, 11) is -3.87. The van der Waals surface area contributed by atoms with Crippen molar-refractivity contribution in [3.63, 3.8) is 0 Å². The van der Waals surface area contributed by atoms with Crippen LogP contribution in [0.3, 0.4) is 0 Å². The van der Waals surface area contributed by atoms with E-state index in [9.17, 15) is 9.36 Å². The summed E-state index contributed by atoms with van der Waals surface area (Å²) in [5, 5.41) is 11.2. The Hall–Kier alpha value is -0.460. The number of aliphatic hydroxyl groups excluding tert-OH is 1. The number of nitrogens with one attached hydrogen (secondary N) is 1. The Balaban J connectivity index is 4.63. The monoisotopic (exact) mass is 310 g/mol. The van der Waals surface area contributed by atoms with Crippen molar-refractivity contribution in [3.8, 4) is 0 Å². The van der Waals surface area contributed by atoms with Crippen molar-refractivity contribution in [2.24, 2.45) is 17.6 Å². The lowest BCUT2D eigenvalue weighted by Crippen LogP contribution is -2.39. The fourth-order valence-corrected chi connectivity index (χ4v) is 2.61. The van der Waals surface area contributed by atoms with Gasteiger partial charge in [0.25, 0.3) is 0 Å². The first-order chi connectivity index (χ1) is 9.21. The Morgan fingerprint density at radius 1 is 1.20 bits per heavy atom. The van der Waals surface area contributed by atoms with E-state index in [-0.39, 0.29) is 38.2 Å². The van der Waals surface area contributed by atoms with Crippen LogP contribution in [0.5, 0.6) is 0 Å². The summed E-state index contributed by atoms with van der Waals surface area (Å²) in [4.78, 5) is 11.9. The molecular formula is C12H27N2O5P. The number of aliphatic hydroxyl groups is 1. The highest BCUT2D eigenvalue weighted by Crippen LogP contribution is 2.49. The molecule has 0 aromatic rings. The number of nitrogens with two attached hydrogens (primary N) is 1. The first-order valence-corrected chi connectivity index (χ1v) is 8.29. The molecule has 1 amide bonds. The van der Waals surface area contributed by atoms with Crippen LogP contribution in [0.4, 0.5) is 4.79 Å². The maximum atomic E-state index is 12.5. The third-order valence-electron chi connectivity index (χ3n) is 2.15. The van der Waals surface area contributed by atoms with Crippen LogP contribution in [0.25, 0.3) is 0 Å². The molecule has 4 N–H and O–H groups in total. The second-order valence-electron chi connectivity index (χ2n) is 5.51. The quantitative estimate of drug-likeness (QED) is 0.528. The van der Waals surface area contributed by atoms with E-state index in [2.05, 4.69) is 5.32 Å². The summed E-state index contributed by atoms with van der Waals surface area (Å²) in [6, 6.07) is -0.609. The molecule has 7 nitrogen and oxygen atoms in total. The van der Waals surface area contributed by atoms with Gasteiger partial charge in [-0.05, 0) is 11.8 Å². The van der Waals surface area contributed by atoms with E-state index < -0.39 is 19.3 Å². The Morgan fingerprint density at radius 3 is 2.00 bits per heavy atom. The predicted octanol–water partition coefficient (Wildman–Crippen LogP) is 1.55. The van der Waals surface area contributed by atoms with Crippen molar-refractivity contribution in [2.45, 2.75) is 33.7 Å². The van der Waals surface area contributed by atoms with Crippen molar-refractivity contribution >= 4 is 13.2 Å². The first-order valence-electron chi connectivity index (χ1n) is 6.75. The summed E-state index contributed by atoms with van der Waals surface area (Å²) in [6.07, 6.45) is 0. The van der Waals surface area contributed by atoms with Crippen LogP contribution in [0.1, 0.15) is 27.7 Å². The van der Waals surface area contributed by atoms with Crippen LogP contribution >= 0.6 is 7.60 Å². The zero-order valence-corrected chi connectivity index (χ0v) is 13.6. The highest BCUT2D eigenvalue weighted by molar-refractivity contribution is 7.71. The average molecular weight is 310 g/mol. The molecule has 0 bridgehead atoms. The van der Waals surface area contributed by atoms with Crippen molar-refractivity contribution < 1.29 is 23.5 Å². The number of hydrogen-bond acceptors (Lipinski definition) is 6. The third kappa shape index (κ3) is 7.97. The second-order valence-corrected chi connectivity index (χ2v) is 7.42. The van der Waals surface area contributed by atoms with E-state index in [1.165, 1.54) is 0 Å². The summed E-state index contributed by atoms with van der Waals surface area (Å²) >= 11 is 0. The van der Waals surface area contributed by atoms with Gasteiger partial charge in [-0.15, -0.1) is 0 Å². The van der Waals surface area contributed by atoms with Crippen LogP contribution < -0.4 is 11.1 Å². The fraction of sp³-hybridized carbons (Fsp3) is 0.917. The van der Waals surface area contributed by atoms with Crippen LogP contribution in [0.15, 0.2) is 0 Å². The highest BCUT2D eigenvalue weighted by Gasteiger charge is 2.35. The van der Waals surface area contributed by atoms with Gasteiger partial charge in [-0.2, -0.15) is 0 Å². The van der Waals surface area contributed by atoms with Crippen molar-refractivity contribution in [1.29, 1.82) is 0 Å². The van der Waals surface area contributed by atoms with Gasteiger partial charge in [0.15, 0.2) is 0 Å². The van der Waals surface area contributed by atoms with E-state index in [4.69, 9.17) is 19.9 Å². The zero-order valence-electron chi connectivity index (χ0n) is 12.7. The summed E-state index contributed by atoms with van der Waals surface area (Å²) in [6.45, 7) is 7.58. The molecule has 1 atom stereocenters. The Morgan fingerprint density at radius 2 is 1.65 bits per heavy atom. The lowest BCUT2D eigenvalue weighted by atomic mass is 10.2. The smallest absolute Gasteiger partial charge is 0.395 e. The van der Waals surface area contributed by atoms with Crippen molar-refractivity contribution in [2.75, 3.05) is 26.4 Å². The molecule has 0 radical (unpaired) electrons. The molecule has 0 spiro atoms. The maximum absolute atomic E-state index is 12.5. The van der Waals surface area contributed by atoms with Crippen molar-refractivity contribution in [3.05, 3.63) is 0 Å². The molecule has 0 saturated carbocycles. The standard InChI is InChI=1S/C12H27N2O5P/c1-9(2)7-18-20(17,19-8-10(3)4)12(16)14-5-11(13)6-15/h9-11,15H,5-8,13H2,1-4H3,(H,14,16)/t11-/m0/s1. The van der Waals surface area contributed by atoms with Gasteiger partial charge in [-0.1, -0.05) is 27.7 Å². The van der Waals surface area contributed by atoms with Gasteiger partial charge in [0.2, 0.25) is 0 Å². The number of carbonyl (C=O) groups is 1. The van der Waals surface area contributed by atoms with Crippen molar-refractivity contribution in [1.82, 2.24) is 5.32 Å². The molecule has 0 fully saturated rings. The van der Waals surface area contributed by atoms with E-state index in [0.29, 0.717) is 0 Å². The van der Waals surface area contributed by atoms with Gasteiger partial charge in [-0.25, -0.2) is 4.57 Å². The summed E-state index contributed by atoms with van der Waals surface area (Å²) < 4.78 is 22.8. The van der Waals surface area contributed by atoms with E-state index >= 15 is 0 Å². The SMILES string of the molecule is CC(C)COP(=O)(OCC(C)C)C(=O)NC[C@H](N)CO. The molecule has 0 aromatic heterocycles. The summed E-state index contributed by atoms with van der Waals surface area (Å²) in [5.41, 5.74) is 4.66. The molecule has 0 saturated heterocycles. The van der Waals surface area contributed by atoms with Crippen LogP contribution in [-0.4, -0.2) is 43.2 Å². The molecule has 0 aliphatic rings. The van der Waals surface area contributed by atoms with E-state index in [1.54, 1.807) is 0 Å². The van der Waals surface area contributed by atoms with E-state index in [1.807, 2.05) is 27.7 Å². The predicted molar refractivity (Wildman–Crippen MR) is 77.6 cm³/mol. The maximum Gasteiger partial charge on any atom is 0.418 e. The molecule has 120 valence electrons. The molecular weight excluding hydrogens is 283 g/mol. The van der Waals surface area contributed by atoms with Gasteiger partial charge >= 0.3 is 13.2 Å². The summed E-state index contributed by atoms with van der Waals surface area (Å²) in [5.74, 6) is 0.247. The van der Waals surface area contributed by atoms with Crippen LogP contribution in [-0.2, 0) is 13.6 Å². The van der Waals surface area contributed by atoms with Gasteiger partial charge in [-0.3, -0.25) is 4.79 Å². The van der Waals surface area contributed by atoms with E-state index in [0.717, 1.165) is 0 Å². The fourth-order valence-electron chi connectivity index (χ4n) is 1.03. The first kappa shape index (κ1) is 19.5.